The van der Waals surface area contributed by atoms with Crippen molar-refractivity contribution in [3.63, 3.8) is 0 Å². The zero-order valence-electron chi connectivity index (χ0n) is 11.5. The standard InChI is InChI=1S/C12H14N6O3/c1-7(2)10-9(11(20)21)16-17-18(10)6-8(19)15-12-13-4-3-5-14-12/h3-5,7H,6H2,1-2H3,(H,20,21)(H,13,14,15,19). The van der Waals surface area contributed by atoms with Crippen LogP contribution in [0, 0.1) is 0 Å². The molecule has 0 saturated carbocycles. The number of anilines is 1. The van der Waals surface area contributed by atoms with Gasteiger partial charge in [0.15, 0.2) is 5.69 Å². The van der Waals surface area contributed by atoms with E-state index in [-0.39, 0.29) is 24.1 Å². The molecule has 0 aliphatic rings. The maximum Gasteiger partial charge on any atom is 0.358 e. The van der Waals surface area contributed by atoms with Gasteiger partial charge in [-0.15, -0.1) is 5.10 Å². The van der Waals surface area contributed by atoms with Crippen LogP contribution in [0.25, 0.3) is 0 Å². The number of rotatable bonds is 5. The SMILES string of the molecule is CC(C)c1c(C(=O)O)nnn1CC(=O)Nc1ncccn1. The van der Waals surface area contributed by atoms with Gasteiger partial charge in [-0.1, -0.05) is 19.1 Å². The van der Waals surface area contributed by atoms with E-state index in [1.54, 1.807) is 19.9 Å². The Balaban J connectivity index is 2.16. The highest BCUT2D eigenvalue weighted by atomic mass is 16.4. The number of amides is 1. The van der Waals surface area contributed by atoms with Gasteiger partial charge in [0.2, 0.25) is 11.9 Å². The molecule has 0 bridgehead atoms. The average molecular weight is 290 g/mol. The fourth-order valence-electron chi connectivity index (χ4n) is 1.82. The number of carbonyl (C=O) groups is 2. The zero-order valence-corrected chi connectivity index (χ0v) is 11.5. The first-order valence-electron chi connectivity index (χ1n) is 6.22. The smallest absolute Gasteiger partial charge is 0.358 e. The fraction of sp³-hybridized carbons (Fsp3) is 0.333. The Labute approximate surface area is 120 Å². The van der Waals surface area contributed by atoms with Crippen molar-refractivity contribution in [1.29, 1.82) is 0 Å². The van der Waals surface area contributed by atoms with E-state index in [1.165, 1.54) is 17.1 Å². The summed E-state index contributed by atoms with van der Waals surface area (Å²) in [6.45, 7) is 3.45. The van der Waals surface area contributed by atoms with E-state index in [2.05, 4.69) is 25.6 Å². The van der Waals surface area contributed by atoms with E-state index in [9.17, 15) is 9.59 Å². The van der Waals surface area contributed by atoms with Crippen LogP contribution in [0.5, 0.6) is 0 Å². The van der Waals surface area contributed by atoms with Gasteiger partial charge in [-0.25, -0.2) is 19.4 Å². The van der Waals surface area contributed by atoms with Crippen LogP contribution in [0.2, 0.25) is 0 Å². The van der Waals surface area contributed by atoms with Crippen molar-refractivity contribution in [2.75, 3.05) is 5.32 Å². The molecule has 2 heterocycles. The molecule has 2 N–H and O–H groups in total. The number of carbonyl (C=O) groups excluding carboxylic acids is 1. The van der Waals surface area contributed by atoms with Crippen molar-refractivity contribution in [3.05, 3.63) is 29.8 Å². The van der Waals surface area contributed by atoms with Crippen molar-refractivity contribution >= 4 is 17.8 Å². The van der Waals surface area contributed by atoms with Crippen LogP contribution in [0.15, 0.2) is 18.5 Å². The number of aromatic nitrogens is 5. The second-order valence-electron chi connectivity index (χ2n) is 4.56. The van der Waals surface area contributed by atoms with Gasteiger partial charge < -0.3 is 5.11 Å². The van der Waals surface area contributed by atoms with E-state index < -0.39 is 11.9 Å². The summed E-state index contributed by atoms with van der Waals surface area (Å²) < 4.78 is 1.27. The van der Waals surface area contributed by atoms with Gasteiger partial charge >= 0.3 is 5.97 Å². The van der Waals surface area contributed by atoms with E-state index in [4.69, 9.17) is 5.11 Å². The molecule has 0 aliphatic heterocycles. The summed E-state index contributed by atoms with van der Waals surface area (Å²) >= 11 is 0. The van der Waals surface area contributed by atoms with Crippen LogP contribution in [0.4, 0.5) is 5.95 Å². The van der Waals surface area contributed by atoms with Crippen molar-refractivity contribution in [1.82, 2.24) is 25.0 Å². The molecule has 0 spiro atoms. The summed E-state index contributed by atoms with van der Waals surface area (Å²) in [6, 6.07) is 1.63. The van der Waals surface area contributed by atoms with Gasteiger partial charge in [-0.05, 0) is 12.0 Å². The summed E-state index contributed by atoms with van der Waals surface area (Å²) in [6.07, 6.45) is 3.00. The van der Waals surface area contributed by atoms with Gasteiger partial charge in [-0.3, -0.25) is 10.1 Å². The number of nitrogens with one attached hydrogen (secondary N) is 1. The lowest BCUT2D eigenvalue weighted by Gasteiger charge is -2.09. The van der Waals surface area contributed by atoms with Crippen molar-refractivity contribution in [3.8, 4) is 0 Å². The topological polar surface area (TPSA) is 123 Å². The van der Waals surface area contributed by atoms with Crippen LogP contribution in [-0.2, 0) is 11.3 Å². The number of hydrogen-bond acceptors (Lipinski definition) is 6. The van der Waals surface area contributed by atoms with E-state index in [0.29, 0.717) is 5.69 Å². The molecule has 9 nitrogen and oxygen atoms in total. The lowest BCUT2D eigenvalue weighted by Crippen LogP contribution is -2.22. The molecule has 9 heteroatoms. The first kappa shape index (κ1) is 14.6. The van der Waals surface area contributed by atoms with E-state index in [0.717, 1.165) is 0 Å². The van der Waals surface area contributed by atoms with Crippen molar-refractivity contribution in [2.24, 2.45) is 0 Å². The molecule has 2 aromatic heterocycles. The highest BCUT2D eigenvalue weighted by Gasteiger charge is 2.22. The Morgan fingerprint density at radius 3 is 2.57 bits per heavy atom. The minimum atomic E-state index is -1.17. The second kappa shape index (κ2) is 6.07. The van der Waals surface area contributed by atoms with E-state index in [1.807, 2.05) is 0 Å². The van der Waals surface area contributed by atoms with Crippen LogP contribution >= 0.6 is 0 Å². The maximum atomic E-state index is 11.9. The second-order valence-corrected chi connectivity index (χ2v) is 4.56. The monoisotopic (exact) mass is 290 g/mol. The third-order valence-electron chi connectivity index (χ3n) is 2.63. The molecule has 21 heavy (non-hydrogen) atoms. The predicted molar refractivity (Wildman–Crippen MR) is 71.7 cm³/mol. The molecule has 0 saturated heterocycles. The molecule has 0 aromatic carbocycles. The number of carboxylic acid groups (broad SMARTS) is 1. The molecular formula is C12H14N6O3. The first-order chi connectivity index (χ1) is 9.99. The van der Waals surface area contributed by atoms with Gasteiger partial charge in [0.1, 0.15) is 6.54 Å². The minimum absolute atomic E-state index is 0.133. The molecule has 0 atom stereocenters. The largest absolute Gasteiger partial charge is 0.476 e. The highest BCUT2D eigenvalue weighted by molar-refractivity contribution is 5.89. The molecule has 2 rings (SSSR count). The number of nitrogens with zero attached hydrogens (tertiary/aromatic N) is 5. The Bertz CT molecular complexity index is 652. The highest BCUT2D eigenvalue weighted by Crippen LogP contribution is 2.17. The molecule has 110 valence electrons. The molecule has 0 radical (unpaired) electrons. The molecule has 0 fully saturated rings. The van der Waals surface area contributed by atoms with Crippen LogP contribution in [-0.4, -0.2) is 41.9 Å². The Hall–Kier alpha value is -2.84. The van der Waals surface area contributed by atoms with Crippen molar-refractivity contribution in [2.45, 2.75) is 26.3 Å². The number of hydrogen-bond donors (Lipinski definition) is 2. The summed E-state index contributed by atoms with van der Waals surface area (Å²) in [4.78, 5) is 30.7. The van der Waals surface area contributed by atoms with Gasteiger partial charge in [-0.2, -0.15) is 0 Å². The predicted octanol–water partition coefficient (Wildman–Crippen LogP) is 0.528. The third kappa shape index (κ3) is 3.38. The zero-order chi connectivity index (χ0) is 15.4. The molecule has 1 amide bonds. The fourth-order valence-corrected chi connectivity index (χ4v) is 1.82. The number of carboxylic acids is 1. The summed E-state index contributed by atoms with van der Waals surface area (Å²) in [5.74, 6) is -1.54. The lowest BCUT2D eigenvalue weighted by atomic mass is 10.1. The van der Waals surface area contributed by atoms with Crippen molar-refractivity contribution < 1.29 is 14.7 Å². The maximum absolute atomic E-state index is 11.9. The quantitative estimate of drug-likeness (QED) is 0.823. The summed E-state index contributed by atoms with van der Waals surface area (Å²) in [5, 5.41) is 18.9. The average Bonchev–Trinajstić information content (AvgIpc) is 2.83. The van der Waals surface area contributed by atoms with Crippen LogP contribution < -0.4 is 5.32 Å². The minimum Gasteiger partial charge on any atom is -0.476 e. The van der Waals surface area contributed by atoms with Gasteiger partial charge in [0, 0.05) is 12.4 Å². The van der Waals surface area contributed by atoms with Gasteiger partial charge in [0.25, 0.3) is 0 Å². The Morgan fingerprint density at radius 2 is 2.00 bits per heavy atom. The molecule has 0 aliphatic carbocycles. The lowest BCUT2D eigenvalue weighted by molar-refractivity contribution is -0.117. The summed E-state index contributed by atoms with van der Waals surface area (Å²) in [5.41, 5.74) is 0.250. The van der Waals surface area contributed by atoms with Gasteiger partial charge in [0.05, 0.1) is 5.69 Å². The Morgan fingerprint density at radius 1 is 1.33 bits per heavy atom. The molecular weight excluding hydrogens is 276 g/mol. The molecule has 0 unspecified atom stereocenters. The van der Waals surface area contributed by atoms with Crippen LogP contribution in [0.1, 0.15) is 35.9 Å². The third-order valence-corrected chi connectivity index (χ3v) is 2.63. The van der Waals surface area contributed by atoms with Crippen LogP contribution in [0.3, 0.4) is 0 Å². The first-order valence-corrected chi connectivity index (χ1v) is 6.22. The number of aromatic carboxylic acids is 1. The molecule has 2 aromatic rings. The summed E-state index contributed by atoms with van der Waals surface area (Å²) in [7, 11) is 0. The normalized spacial score (nSPS) is 10.6. The Kier molecular flexibility index (Phi) is 4.21. The van der Waals surface area contributed by atoms with E-state index >= 15 is 0 Å².